The van der Waals surface area contributed by atoms with E-state index in [-0.39, 0.29) is 0 Å². The van der Waals surface area contributed by atoms with Crippen molar-refractivity contribution >= 4 is 21.8 Å². The molecule has 14 heavy (non-hydrogen) atoms. The molecule has 0 aliphatic carbocycles. The van der Waals surface area contributed by atoms with Gasteiger partial charge in [0.2, 0.25) is 10.0 Å². The molecule has 0 aromatic heterocycles. The van der Waals surface area contributed by atoms with Crippen molar-refractivity contribution in [2.45, 2.75) is 12.8 Å². The molecule has 0 unspecified atom stereocenters. The maximum absolute atomic E-state index is 11.1. The van der Waals surface area contributed by atoms with Crippen LogP contribution < -0.4 is 4.72 Å². The van der Waals surface area contributed by atoms with Gasteiger partial charge < -0.3 is 0 Å². The van der Waals surface area contributed by atoms with Crippen molar-refractivity contribution < 1.29 is 8.42 Å². The summed E-state index contributed by atoms with van der Waals surface area (Å²) in [6.07, 6.45) is 2.14. The summed E-state index contributed by atoms with van der Waals surface area (Å²) in [7, 11) is -3.35. The lowest BCUT2D eigenvalue weighted by Gasteiger charge is -2.21. The molecule has 1 rings (SSSR count). The van der Waals surface area contributed by atoms with Crippen LogP contribution in [0.3, 0.4) is 0 Å². The SMILES string of the molecule is N#CCS(=O)(=O)NCC1CCSCC1. The first kappa shape index (κ1) is 11.8. The minimum Gasteiger partial charge on any atom is -0.214 e. The number of nitriles is 1. The molecule has 0 spiro atoms. The van der Waals surface area contributed by atoms with Gasteiger partial charge in [0, 0.05) is 6.54 Å². The van der Waals surface area contributed by atoms with Crippen molar-refractivity contribution in [2.24, 2.45) is 5.92 Å². The lowest BCUT2D eigenvalue weighted by molar-refractivity contribution is 0.477. The van der Waals surface area contributed by atoms with Gasteiger partial charge in [0.05, 0.1) is 6.07 Å². The highest BCUT2D eigenvalue weighted by Crippen LogP contribution is 2.21. The maximum atomic E-state index is 11.1. The van der Waals surface area contributed by atoms with Crippen LogP contribution in [0.15, 0.2) is 0 Å². The zero-order valence-electron chi connectivity index (χ0n) is 7.90. The van der Waals surface area contributed by atoms with Gasteiger partial charge in [0.25, 0.3) is 0 Å². The number of hydrogen-bond acceptors (Lipinski definition) is 4. The van der Waals surface area contributed by atoms with Gasteiger partial charge in [-0.05, 0) is 30.3 Å². The molecule has 6 heteroatoms. The molecule has 1 heterocycles. The zero-order chi connectivity index (χ0) is 10.4. The molecule has 1 N–H and O–H groups in total. The summed E-state index contributed by atoms with van der Waals surface area (Å²) in [5.74, 6) is 2.24. The third-order valence-corrected chi connectivity index (χ3v) is 4.35. The fraction of sp³-hybridized carbons (Fsp3) is 0.875. The van der Waals surface area contributed by atoms with Crippen LogP contribution in [0.1, 0.15) is 12.8 Å². The van der Waals surface area contributed by atoms with E-state index in [1.165, 1.54) is 0 Å². The predicted octanol–water partition coefficient (Wildman–Crippen LogP) is 0.573. The van der Waals surface area contributed by atoms with E-state index in [1.54, 1.807) is 6.07 Å². The molecule has 0 aromatic carbocycles. The number of thioether (sulfide) groups is 1. The number of nitrogens with one attached hydrogen (secondary N) is 1. The van der Waals surface area contributed by atoms with Gasteiger partial charge in [0.15, 0.2) is 5.75 Å². The average molecular weight is 234 g/mol. The lowest BCUT2D eigenvalue weighted by Crippen LogP contribution is -2.32. The Kier molecular flexibility index (Phi) is 4.72. The van der Waals surface area contributed by atoms with E-state index in [4.69, 9.17) is 5.26 Å². The summed E-state index contributed by atoms with van der Waals surface area (Å²) >= 11 is 1.91. The molecule has 1 aliphatic rings. The Morgan fingerprint density at radius 3 is 2.64 bits per heavy atom. The summed E-state index contributed by atoms with van der Waals surface area (Å²) in [6, 6.07) is 1.64. The standard InChI is InChI=1S/C8H14N2O2S2/c9-3-6-14(11,12)10-7-8-1-4-13-5-2-8/h8,10H,1-2,4-7H2. The molecule has 80 valence electrons. The number of hydrogen-bond donors (Lipinski definition) is 1. The van der Waals surface area contributed by atoms with Crippen molar-refractivity contribution in [3.8, 4) is 6.07 Å². The van der Waals surface area contributed by atoms with Crippen molar-refractivity contribution in [3.05, 3.63) is 0 Å². The summed E-state index contributed by atoms with van der Waals surface area (Å²) in [5.41, 5.74) is 0. The summed E-state index contributed by atoms with van der Waals surface area (Å²) in [5, 5.41) is 8.27. The third-order valence-electron chi connectivity index (χ3n) is 2.19. The van der Waals surface area contributed by atoms with Gasteiger partial charge in [-0.25, -0.2) is 13.1 Å². The van der Waals surface area contributed by atoms with E-state index in [0.29, 0.717) is 12.5 Å². The van der Waals surface area contributed by atoms with Crippen LogP contribution in [0.2, 0.25) is 0 Å². The summed E-state index contributed by atoms with van der Waals surface area (Å²) in [4.78, 5) is 0. The molecule has 0 radical (unpaired) electrons. The summed E-state index contributed by atoms with van der Waals surface area (Å²) in [6.45, 7) is 0.491. The predicted molar refractivity (Wildman–Crippen MR) is 57.5 cm³/mol. The van der Waals surface area contributed by atoms with Gasteiger partial charge in [-0.2, -0.15) is 17.0 Å². The molecule has 0 bridgehead atoms. The first-order valence-corrected chi connectivity index (χ1v) is 7.37. The highest BCUT2D eigenvalue weighted by Gasteiger charge is 2.16. The molecular weight excluding hydrogens is 220 g/mol. The van der Waals surface area contributed by atoms with E-state index >= 15 is 0 Å². The van der Waals surface area contributed by atoms with E-state index in [2.05, 4.69) is 4.72 Å². The number of nitrogens with zero attached hydrogens (tertiary/aromatic N) is 1. The fourth-order valence-electron chi connectivity index (χ4n) is 1.33. The Morgan fingerprint density at radius 2 is 2.07 bits per heavy atom. The second-order valence-corrected chi connectivity index (χ2v) is 6.35. The first-order chi connectivity index (χ1) is 6.64. The van der Waals surface area contributed by atoms with Crippen LogP contribution in [0.25, 0.3) is 0 Å². The largest absolute Gasteiger partial charge is 0.225 e. The van der Waals surface area contributed by atoms with Crippen molar-refractivity contribution in [1.82, 2.24) is 4.72 Å². The van der Waals surface area contributed by atoms with Crippen LogP contribution in [0.4, 0.5) is 0 Å². The zero-order valence-corrected chi connectivity index (χ0v) is 9.53. The number of rotatable bonds is 4. The van der Waals surface area contributed by atoms with Gasteiger partial charge >= 0.3 is 0 Å². The van der Waals surface area contributed by atoms with Crippen LogP contribution in [-0.2, 0) is 10.0 Å². The normalized spacial score (nSPS) is 19.1. The molecule has 1 saturated heterocycles. The molecule has 0 aromatic rings. The minimum atomic E-state index is -3.35. The second kappa shape index (κ2) is 5.59. The minimum absolute atomic E-state index is 0.436. The monoisotopic (exact) mass is 234 g/mol. The molecule has 0 amide bonds. The molecule has 0 atom stereocenters. The van der Waals surface area contributed by atoms with Gasteiger partial charge in [-0.1, -0.05) is 0 Å². The quantitative estimate of drug-likeness (QED) is 0.772. The van der Waals surface area contributed by atoms with Gasteiger partial charge in [-0.3, -0.25) is 0 Å². The molecule has 1 fully saturated rings. The third kappa shape index (κ3) is 4.31. The van der Waals surface area contributed by atoms with Crippen molar-refractivity contribution in [2.75, 3.05) is 23.8 Å². The van der Waals surface area contributed by atoms with Crippen molar-refractivity contribution in [3.63, 3.8) is 0 Å². The van der Waals surface area contributed by atoms with Gasteiger partial charge in [0.1, 0.15) is 0 Å². The van der Waals surface area contributed by atoms with E-state index < -0.39 is 15.8 Å². The van der Waals surface area contributed by atoms with Crippen molar-refractivity contribution in [1.29, 1.82) is 5.26 Å². The van der Waals surface area contributed by atoms with Gasteiger partial charge in [-0.15, -0.1) is 0 Å². The second-order valence-electron chi connectivity index (χ2n) is 3.32. The Hall–Kier alpha value is -0.250. The highest BCUT2D eigenvalue weighted by atomic mass is 32.2. The molecule has 1 aliphatic heterocycles. The first-order valence-electron chi connectivity index (χ1n) is 4.56. The van der Waals surface area contributed by atoms with Crippen LogP contribution in [0, 0.1) is 17.2 Å². The Labute approximate surface area is 89.1 Å². The molecule has 0 saturated carbocycles. The smallest absolute Gasteiger partial charge is 0.214 e. The van der Waals surface area contributed by atoms with Crippen LogP contribution in [0.5, 0.6) is 0 Å². The van der Waals surface area contributed by atoms with E-state index in [0.717, 1.165) is 24.3 Å². The maximum Gasteiger partial charge on any atom is 0.225 e. The summed E-state index contributed by atoms with van der Waals surface area (Å²) < 4.78 is 24.7. The Morgan fingerprint density at radius 1 is 1.43 bits per heavy atom. The number of sulfonamides is 1. The van der Waals surface area contributed by atoms with E-state index in [1.807, 2.05) is 11.8 Å². The van der Waals surface area contributed by atoms with E-state index in [9.17, 15) is 8.42 Å². The van der Waals surface area contributed by atoms with Crippen LogP contribution >= 0.6 is 11.8 Å². The topological polar surface area (TPSA) is 70.0 Å². The average Bonchev–Trinajstić information content (AvgIpc) is 2.17. The molecular formula is C8H14N2O2S2. The highest BCUT2D eigenvalue weighted by molar-refractivity contribution is 7.99. The Bertz CT molecular complexity index is 302. The lowest BCUT2D eigenvalue weighted by atomic mass is 10.0. The molecule has 4 nitrogen and oxygen atoms in total. The Balaban J connectivity index is 2.29. The fourth-order valence-corrected chi connectivity index (χ4v) is 3.30. The van der Waals surface area contributed by atoms with Crippen LogP contribution in [-0.4, -0.2) is 32.2 Å².